The van der Waals surface area contributed by atoms with E-state index in [1.807, 2.05) is 58.3 Å². The number of hydrogen-bond donors (Lipinski definition) is 0. The van der Waals surface area contributed by atoms with E-state index in [0.29, 0.717) is 24.4 Å². The van der Waals surface area contributed by atoms with Gasteiger partial charge in [-0.05, 0) is 80.5 Å². The lowest BCUT2D eigenvalue weighted by atomic mass is 10.1. The van der Waals surface area contributed by atoms with Gasteiger partial charge in [0.1, 0.15) is 5.75 Å². The van der Waals surface area contributed by atoms with Gasteiger partial charge in [-0.3, -0.25) is 9.59 Å². The van der Waals surface area contributed by atoms with Crippen LogP contribution in [0.3, 0.4) is 0 Å². The molecule has 5 heteroatoms. The van der Waals surface area contributed by atoms with E-state index >= 15 is 0 Å². The van der Waals surface area contributed by atoms with Gasteiger partial charge in [0.2, 0.25) is 5.91 Å². The number of hydrogen-bond acceptors (Lipinski definition) is 3. The molecule has 1 aliphatic carbocycles. The minimum absolute atomic E-state index is 0.0433. The summed E-state index contributed by atoms with van der Waals surface area (Å²) in [5.41, 5.74) is 2.64. The smallest absolute Gasteiger partial charge is 0.254 e. The SMILES string of the molecule is COc1ccc(CN(C(=O)c2ccc(N3CCCCC3=O)cc2)C(C)C2CC2)cc1. The fourth-order valence-electron chi connectivity index (χ4n) is 4.19. The number of amides is 2. The van der Waals surface area contributed by atoms with Crippen molar-refractivity contribution >= 4 is 17.5 Å². The van der Waals surface area contributed by atoms with Crippen molar-refractivity contribution in [3.8, 4) is 5.75 Å². The first-order valence-electron chi connectivity index (χ1n) is 10.9. The Hall–Kier alpha value is -2.82. The van der Waals surface area contributed by atoms with Gasteiger partial charge in [0.15, 0.2) is 0 Å². The Balaban J connectivity index is 1.52. The van der Waals surface area contributed by atoms with Crippen LogP contribution in [0.25, 0.3) is 0 Å². The summed E-state index contributed by atoms with van der Waals surface area (Å²) in [6, 6.07) is 15.6. The number of ether oxygens (including phenoxy) is 1. The lowest BCUT2D eigenvalue weighted by molar-refractivity contribution is -0.119. The minimum Gasteiger partial charge on any atom is -0.497 e. The fraction of sp³-hybridized carbons (Fsp3) is 0.440. The molecule has 2 amide bonds. The van der Waals surface area contributed by atoms with Crippen LogP contribution >= 0.6 is 0 Å². The van der Waals surface area contributed by atoms with Crippen molar-refractivity contribution < 1.29 is 14.3 Å². The number of piperidine rings is 1. The quantitative estimate of drug-likeness (QED) is 0.672. The molecule has 2 aromatic carbocycles. The first-order chi connectivity index (χ1) is 14.6. The zero-order valence-corrected chi connectivity index (χ0v) is 17.8. The zero-order valence-electron chi connectivity index (χ0n) is 17.8. The highest BCUT2D eigenvalue weighted by Gasteiger charge is 2.34. The predicted molar refractivity (Wildman–Crippen MR) is 118 cm³/mol. The van der Waals surface area contributed by atoms with Gasteiger partial charge in [0.05, 0.1) is 7.11 Å². The molecule has 1 heterocycles. The van der Waals surface area contributed by atoms with Gasteiger partial charge in [-0.2, -0.15) is 0 Å². The third kappa shape index (κ3) is 4.50. The number of nitrogens with zero attached hydrogens (tertiary/aromatic N) is 2. The number of benzene rings is 2. The summed E-state index contributed by atoms with van der Waals surface area (Å²) in [5.74, 6) is 1.61. The van der Waals surface area contributed by atoms with Crippen LogP contribution in [0.15, 0.2) is 48.5 Å². The number of methoxy groups -OCH3 is 1. The third-order valence-electron chi connectivity index (χ3n) is 6.32. The van der Waals surface area contributed by atoms with Crippen LogP contribution in [-0.4, -0.2) is 36.4 Å². The maximum atomic E-state index is 13.4. The molecule has 1 saturated heterocycles. The second-order valence-corrected chi connectivity index (χ2v) is 8.41. The zero-order chi connectivity index (χ0) is 21.1. The van der Waals surface area contributed by atoms with E-state index in [9.17, 15) is 9.59 Å². The lowest BCUT2D eigenvalue weighted by Crippen LogP contribution is -2.39. The van der Waals surface area contributed by atoms with Crippen molar-refractivity contribution in [2.24, 2.45) is 5.92 Å². The van der Waals surface area contributed by atoms with Gasteiger partial charge in [-0.1, -0.05) is 12.1 Å². The van der Waals surface area contributed by atoms with Crippen molar-refractivity contribution in [1.82, 2.24) is 4.90 Å². The lowest BCUT2D eigenvalue weighted by Gasteiger charge is -2.30. The molecule has 0 bridgehead atoms. The molecule has 5 nitrogen and oxygen atoms in total. The number of carbonyl (C=O) groups excluding carboxylic acids is 2. The molecule has 4 rings (SSSR count). The summed E-state index contributed by atoms with van der Waals surface area (Å²) in [6.45, 7) is 3.49. The molecule has 0 N–H and O–H groups in total. The molecule has 0 aromatic heterocycles. The summed E-state index contributed by atoms with van der Waals surface area (Å²) < 4.78 is 5.25. The van der Waals surface area contributed by atoms with E-state index in [4.69, 9.17) is 4.74 Å². The second-order valence-electron chi connectivity index (χ2n) is 8.41. The summed E-state index contributed by atoms with van der Waals surface area (Å²) in [4.78, 5) is 29.4. The highest BCUT2D eigenvalue weighted by Crippen LogP contribution is 2.36. The Labute approximate surface area is 178 Å². The Morgan fingerprint density at radius 1 is 1.10 bits per heavy atom. The maximum Gasteiger partial charge on any atom is 0.254 e. The second kappa shape index (κ2) is 8.90. The summed E-state index contributed by atoms with van der Waals surface area (Å²) in [7, 11) is 1.65. The molecule has 1 saturated carbocycles. The van der Waals surface area contributed by atoms with Crippen molar-refractivity contribution in [2.45, 2.75) is 51.6 Å². The van der Waals surface area contributed by atoms with E-state index in [1.165, 1.54) is 12.8 Å². The van der Waals surface area contributed by atoms with Crippen molar-refractivity contribution in [2.75, 3.05) is 18.6 Å². The Kier molecular flexibility index (Phi) is 6.07. The van der Waals surface area contributed by atoms with Gasteiger partial charge in [-0.25, -0.2) is 0 Å². The normalized spacial score (nSPS) is 17.5. The first-order valence-corrected chi connectivity index (χ1v) is 10.9. The Bertz CT molecular complexity index is 888. The van der Waals surface area contributed by atoms with Gasteiger partial charge >= 0.3 is 0 Å². The average molecular weight is 407 g/mol. The Morgan fingerprint density at radius 3 is 2.40 bits per heavy atom. The summed E-state index contributed by atoms with van der Waals surface area (Å²) in [5, 5.41) is 0. The maximum absolute atomic E-state index is 13.4. The fourth-order valence-corrected chi connectivity index (χ4v) is 4.19. The topological polar surface area (TPSA) is 49.9 Å². The van der Waals surface area contributed by atoms with E-state index in [-0.39, 0.29) is 17.9 Å². The highest BCUT2D eigenvalue weighted by molar-refractivity contribution is 5.97. The molecule has 1 atom stereocenters. The van der Waals surface area contributed by atoms with E-state index in [0.717, 1.165) is 36.4 Å². The van der Waals surface area contributed by atoms with Crippen molar-refractivity contribution in [1.29, 1.82) is 0 Å². The van der Waals surface area contributed by atoms with Crippen LogP contribution in [0, 0.1) is 5.92 Å². The van der Waals surface area contributed by atoms with Crippen LogP contribution < -0.4 is 9.64 Å². The molecule has 158 valence electrons. The molecule has 1 unspecified atom stereocenters. The van der Waals surface area contributed by atoms with Gasteiger partial charge in [0, 0.05) is 36.8 Å². The van der Waals surface area contributed by atoms with Crippen molar-refractivity contribution in [3.63, 3.8) is 0 Å². The Morgan fingerprint density at radius 2 is 1.80 bits per heavy atom. The number of rotatable bonds is 7. The van der Waals surface area contributed by atoms with Gasteiger partial charge in [-0.15, -0.1) is 0 Å². The number of carbonyl (C=O) groups is 2. The molecule has 2 aromatic rings. The molecule has 2 aliphatic rings. The standard InChI is InChI=1S/C25H30N2O3/c1-18(20-8-9-20)27(17-19-6-14-23(30-2)15-7-19)25(29)21-10-12-22(13-11-21)26-16-4-3-5-24(26)28/h6-7,10-15,18,20H,3-5,8-9,16-17H2,1-2H3. The van der Waals surface area contributed by atoms with Gasteiger partial charge in [0.25, 0.3) is 5.91 Å². The third-order valence-corrected chi connectivity index (χ3v) is 6.32. The summed E-state index contributed by atoms with van der Waals surface area (Å²) >= 11 is 0. The molecular formula is C25H30N2O3. The van der Waals surface area contributed by atoms with Crippen LogP contribution in [-0.2, 0) is 11.3 Å². The largest absolute Gasteiger partial charge is 0.497 e. The van der Waals surface area contributed by atoms with E-state index in [2.05, 4.69) is 6.92 Å². The molecule has 30 heavy (non-hydrogen) atoms. The van der Waals surface area contributed by atoms with E-state index < -0.39 is 0 Å². The minimum atomic E-state index is 0.0433. The monoisotopic (exact) mass is 406 g/mol. The van der Waals surface area contributed by atoms with E-state index in [1.54, 1.807) is 7.11 Å². The highest BCUT2D eigenvalue weighted by atomic mass is 16.5. The molecule has 0 spiro atoms. The van der Waals surface area contributed by atoms with Gasteiger partial charge < -0.3 is 14.5 Å². The van der Waals surface area contributed by atoms with Crippen LogP contribution in [0.4, 0.5) is 5.69 Å². The summed E-state index contributed by atoms with van der Waals surface area (Å²) in [6.07, 6.45) is 4.97. The van der Waals surface area contributed by atoms with Crippen molar-refractivity contribution in [3.05, 3.63) is 59.7 Å². The molecule has 1 aliphatic heterocycles. The van der Waals surface area contributed by atoms with Crippen LogP contribution in [0.5, 0.6) is 5.75 Å². The molecule has 0 radical (unpaired) electrons. The average Bonchev–Trinajstić information content (AvgIpc) is 3.63. The van der Waals surface area contributed by atoms with Crippen LogP contribution in [0.2, 0.25) is 0 Å². The number of anilines is 1. The first kappa shape index (κ1) is 20.5. The molecular weight excluding hydrogens is 376 g/mol. The molecule has 2 fully saturated rings. The van der Waals surface area contributed by atoms with Crippen LogP contribution in [0.1, 0.15) is 54.9 Å². The predicted octanol–water partition coefficient (Wildman–Crippen LogP) is 4.65.